The molecule has 0 fully saturated rings. The van der Waals surface area contributed by atoms with Gasteiger partial charge in [0.15, 0.2) is 0 Å². The summed E-state index contributed by atoms with van der Waals surface area (Å²) in [5, 5.41) is 9.48. The number of H-pyrrole nitrogens is 1. The van der Waals surface area contributed by atoms with E-state index in [4.69, 9.17) is 0 Å². The molecule has 1 aromatic carbocycles. The first-order valence-electron chi connectivity index (χ1n) is 6.69. The van der Waals surface area contributed by atoms with Gasteiger partial charge in [-0.3, -0.25) is 4.79 Å². The van der Waals surface area contributed by atoms with Crippen molar-refractivity contribution in [3.8, 4) is 0 Å². The number of rotatable bonds is 2. The molecular weight excluding hydrogens is 270 g/mol. The summed E-state index contributed by atoms with van der Waals surface area (Å²) in [6, 6.07) is 8.38. The molecule has 2 aromatic rings. The fraction of sp³-hybridized carbons (Fsp3) is 0.267. The van der Waals surface area contributed by atoms with E-state index in [1.807, 2.05) is 24.3 Å². The first-order chi connectivity index (χ1) is 10.0. The number of hydrogen-bond donors (Lipinski definition) is 2. The normalized spacial score (nSPS) is 17.4. The van der Waals surface area contributed by atoms with E-state index in [0.29, 0.717) is 24.6 Å². The number of aromatic nitrogens is 2. The number of benzene rings is 1. The third-order valence-electron chi connectivity index (χ3n) is 3.67. The predicted molar refractivity (Wildman–Crippen MR) is 77.3 cm³/mol. The monoisotopic (exact) mass is 285 g/mol. The second-order valence-corrected chi connectivity index (χ2v) is 5.14. The van der Waals surface area contributed by atoms with Crippen LogP contribution in [0.1, 0.15) is 17.0 Å². The zero-order chi connectivity index (χ0) is 15.0. The Balaban J connectivity index is 2.07. The highest BCUT2D eigenvalue weighted by Crippen LogP contribution is 2.26. The third kappa shape index (κ3) is 2.52. The van der Waals surface area contributed by atoms with Crippen molar-refractivity contribution in [2.24, 2.45) is 0 Å². The molecular formula is C15H15N3O3. The van der Waals surface area contributed by atoms with Gasteiger partial charge in [-0.05, 0) is 18.1 Å². The van der Waals surface area contributed by atoms with Gasteiger partial charge in [-0.1, -0.05) is 24.3 Å². The van der Waals surface area contributed by atoms with Gasteiger partial charge in [-0.25, -0.2) is 9.78 Å². The van der Waals surface area contributed by atoms with E-state index in [9.17, 15) is 14.7 Å². The number of nitrogens with one attached hydrogen (secondary N) is 1. The fourth-order valence-electron chi connectivity index (χ4n) is 2.70. The summed E-state index contributed by atoms with van der Waals surface area (Å²) in [4.78, 5) is 31.7. The molecule has 0 bridgehead atoms. The summed E-state index contributed by atoms with van der Waals surface area (Å²) in [7, 11) is 0. The number of carboxylic acids is 1. The van der Waals surface area contributed by atoms with Crippen molar-refractivity contribution < 1.29 is 9.90 Å². The topological polar surface area (TPSA) is 86.3 Å². The molecule has 108 valence electrons. The number of aliphatic carboxylic acids is 1. The van der Waals surface area contributed by atoms with E-state index in [-0.39, 0.29) is 5.56 Å². The smallest absolute Gasteiger partial charge is 0.326 e. The number of nitrogens with zero attached hydrogens (tertiary/aromatic N) is 2. The molecule has 1 aromatic heterocycles. The Labute approximate surface area is 121 Å². The maximum atomic E-state index is 11.6. The van der Waals surface area contributed by atoms with Gasteiger partial charge in [-0.2, -0.15) is 0 Å². The van der Waals surface area contributed by atoms with Crippen LogP contribution in [0.5, 0.6) is 0 Å². The lowest BCUT2D eigenvalue weighted by molar-refractivity contribution is -0.138. The van der Waals surface area contributed by atoms with Crippen LogP contribution in [0.2, 0.25) is 0 Å². The minimum atomic E-state index is -0.913. The standard InChI is InChI=1S/C15H15N3O3/c1-9-16-13(7-14(19)17-9)18-8-11-5-3-2-4-10(11)6-12(18)15(20)21/h2-5,7,12H,6,8H2,1H3,(H,20,21)(H,16,17,19). The van der Waals surface area contributed by atoms with Crippen molar-refractivity contribution in [2.45, 2.75) is 25.9 Å². The molecule has 1 unspecified atom stereocenters. The third-order valence-corrected chi connectivity index (χ3v) is 3.67. The average molecular weight is 285 g/mol. The van der Waals surface area contributed by atoms with Crippen LogP contribution in [-0.2, 0) is 17.8 Å². The Hall–Kier alpha value is -2.63. The molecule has 2 N–H and O–H groups in total. The number of anilines is 1. The van der Waals surface area contributed by atoms with E-state index in [1.165, 1.54) is 6.07 Å². The second kappa shape index (κ2) is 5.05. The van der Waals surface area contributed by atoms with Crippen molar-refractivity contribution in [3.05, 3.63) is 57.6 Å². The molecule has 0 aliphatic carbocycles. The Kier molecular flexibility index (Phi) is 3.21. The molecule has 1 atom stereocenters. The number of aryl methyl sites for hydroxylation is 1. The van der Waals surface area contributed by atoms with Crippen LogP contribution in [0.3, 0.4) is 0 Å². The van der Waals surface area contributed by atoms with E-state index in [2.05, 4.69) is 9.97 Å². The lowest BCUT2D eigenvalue weighted by atomic mass is 9.94. The van der Waals surface area contributed by atoms with Gasteiger partial charge in [0.2, 0.25) is 0 Å². The molecule has 1 aliphatic heterocycles. The highest BCUT2D eigenvalue weighted by molar-refractivity contribution is 5.79. The summed E-state index contributed by atoms with van der Waals surface area (Å²) in [6.07, 6.45) is 0.402. The Morgan fingerprint density at radius 2 is 2.10 bits per heavy atom. The van der Waals surface area contributed by atoms with Crippen LogP contribution in [0, 0.1) is 6.92 Å². The lowest BCUT2D eigenvalue weighted by Crippen LogP contribution is -2.46. The van der Waals surface area contributed by atoms with Gasteiger partial charge < -0.3 is 15.0 Å². The summed E-state index contributed by atoms with van der Waals surface area (Å²) in [6.45, 7) is 2.11. The van der Waals surface area contributed by atoms with E-state index in [1.54, 1.807) is 11.8 Å². The van der Waals surface area contributed by atoms with Crippen LogP contribution in [-0.4, -0.2) is 27.1 Å². The van der Waals surface area contributed by atoms with Crippen molar-refractivity contribution in [1.29, 1.82) is 0 Å². The fourth-order valence-corrected chi connectivity index (χ4v) is 2.70. The maximum Gasteiger partial charge on any atom is 0.326 e. The van der Waals surface area contributed by atoms with Crippen LogP contribution in [0.15, 0.2) is 35.1 Å². The molecule has 0 saturated heterocycles. The predicted octanol–water partition coefficient (Wildman–Crippen LogP) is 1.09. The number of hydrogen-bond acceptors (Lipinski definition) is 4. The molecule has 0 saturated carbocycles. The van der Waals surface area contributed by atoms with Gasteiger partial charge in [-0.15, -0.1) is 0 Å². The molecule has 1 aliphatic rings. The largest absolute Gasteiger partial charge is 0.480 e. The molecule has 2 heterocycles. The number of aromatic amines is 1. The van der Waals surface area contributed by atoms with E-state index >= 15 is 0 Å². The Morgan fingerprint density at radius 1 is 1.38 bits per heavy atom. The van der Waals surface area contributed by atoms with Gasteiger partial charge in [0.1, 0.15) is 17.7 Å². The van der Waals surface area contributed by atoms with Crippen molar-refractivity contribution in [2.75, 3.05) is 4.90 Å². The summed E-state index contributed by atoms with van der Waals surface area (Å²) in [5.41, 5.74) is 1.82. The van der Waals surface area contributed by atoms with Gasteiger partial charge >= 0.3 is 5.97 Å². The molecule has 0 spiro atoms. The second-order valence-electron chi connectivity index (χ2n) is 5.14. The van der Waals surface area contributed by atoms with Crippen LogP contribution >= 0.6 is 0 Å². The molecule has 6 nitrogen and oxygen atoms in total. The number of carbonyl (C=O) groups is 1. The van der Waals surface area contributed by atoms with Gasteiger partial charge in [0.25, 0.3) is 5.56 Å². The number of carboxylic acid groups (broad SMARTS) is 1. The lowest BCUT2D eigenvalue weighted by Gasteiger charge is -2.35. The SMILES string of the molecule is Cc1nc(N2Cc3ccccc3CC2C(=O)O)cc(=O)[nH]1. The van der Waals surface area contributed by atoms with Gasteiger partial charge in [0.05, 0.1) is 0 Å². The van der Waals surface area contributed by atoms with Crippen molar-refractivity contribution >= 4 is 11.8 Å². The van der Waals surface area contributed by atoms with Gasteiger partial charge in [0, 0.05) is 19.0 Å². The van der Waals surface area contributed by atoms with E-state index < -0.39 is 12.0 Å². The zero-order valence-electron chi connectivity index (χ0n) is 11.5. The highest BCUT2D eigenvalue weighted by Gasteiger charge is 2.32. The Morgan fingerprint density at radius 3 is 2.76 bits per heavy atom. The molecule has 3 rings (SSSR count). The maximum absolute atomic E-state index is 11.6. The van der Waals surface area contributed by atoms with Crippen molar-refractivity contribution in [3.63, 3.8) is 0 Å². The first kappa shape index (κ1) is 13.4. The minimum absolute atomic E-state index is 0.277. The quantitative estimate of drug-likeness (QED) is 0.862. The van der Waals surface area contributed by atoms with Crippen molar-refractivity contribution in [1.82, 2.24) is 9.97 Å². The summed E-state index contributed by atoms with van der Waals surface area (Å²) >= 11 is 0. The molecule has 6 heteroatoms. The first-order valence-corrected chi connectivity index (χ1v) is 6.69. The van der Waals surface area contributed by atoms with Crippen LogP contribution in [0.4, 0.5) is 5.82 Å². The summed E-state index contributed by atoms with van der Waals surface area (Å²) in [5.74, 6) is -0.0390. The summed E-state index contributed by atoms with van der Waals surface area (Å²) < 4.78 is 0. The molecule has 0 radical (unpaired) electrons. The van der Waals surface area contributed by atoms with Crippen LogP contribution in [0.25, 0.3) is 0 Å². The minimum Gasteiger partial charge on any atom is -0.480 e. The highest BCUT2D eigenvalue weighted by atomic mass is 16.4. The average Bonchev–Trinajstić information content (AvgIpc) is 2.44. The van der Waals surface area contributed by atoms with E-state index in [0.717, 1.165) is 11.1 Å². The molecule has 0 amide bonds. The van der Waals surface area contributed by atoms with Crippen LogP contribution < -0.4 is 10.5 Å². The number of fused-ring (bicyclic) bond motifs is 1. The zero-order valence-corrected chi connectivity index (χ0v) is 11.5. The Bertz CT molecular complexity index is 754. The molecule has 21 heavy (non-hydrogen) atoms.